The van der Waals surface area contributed by atoms with Crippen LogP contribution in [-0.2, 0) is 16.1 Å². The highest BCUT2D eigenvalue weighted by Gasteiger charge is 2.37. The molecule has 1 N–H and O–H groups in total. The molecule has 3 aliphatic rings. The molecule has 2 aliphatic heterocycles. The van der Waals surface area contributed by atoms with Crippen molar-refractivity contribution >= 4 is 11.8 Å². The molecule has 0 aromatic carbocycles. The zero-order valence-corrected chi connectivity index (χ0v) is 15.4. The van der Waals surface area contributed by atoms with Gasteiger partial charge in [0, 0.05) is 31.6 Å². The molecule has 1 atom stereocenters. The van der Waals surface area contributed by atoms with E-state index in [-0.39, 0.29) is 11.8 Å². The Morgan fingerprint density at radius 1 is 1.08 bits per heavy atom. The maximum Gasteiger partial charge on any atom is 0.225 e. The van der Waals surface area contributed by atoms with Crippen LogP contribution < -0.4 is 5.32 Å². The van der Waals surface area contributed by atoms with E-state index in [2.05, 4.69) is 15.1 Å². The van der Waals surface area contributed by atoms with E-state index in [9.17, 15) is 9.59 Å². The predicted octanol–water partition coefficient (Wildman–Crippen LogP) is 2.01. The Morgan fingerprint density at radius 2 is 1.88 bits per heavy atom. The van der Waals surface area contributed by atoms with Gasteiger partial charge in [0.2, 0.25) is 11.8 Å². The Hall–Kier alpha value is -1.82. The van der Waals surface area contributed by atoms with Gasteiger partial charge in [0.25, 0.3) is 0 Å². The first-order valence-corrected chi connectivity index (χ1v) is 10.0. The first-order chi connectivity index (χ1) is 12.7. The molecule has 0 spiro atoms. The van der Waals surface area contributed by atoms with Crippen molar-refractivity contribution in [1.29, 1.82) is 0 Å². The number of hydrogen-bond acceptors (Lipinski definition) is 4. The molecule has 6 heteroatoms. The number of likely N-dealkylation sites (tertiary alicyclic amines) is 2. The van der Waals surface area contributed by atoms with Crippen molar-refractivity contribution in [1.82, 2.24) is 15.1 Å². The summed E-state index contributed by atoms with van der Waals surface area (Å²) in [5.41, 5.74) is 0. The fourth-order valence-corrected chi connectivity index (χ4v) is 4.32. The lowest BCUT2D eigenvalue weighted by atomic mass is 9.93. The third-order valence-corrected chi connectivity index (χ3v) is 6.06. The van der Waals surface area contributed by atoms with Crippen molar-refractivity contribution in [2.24, 2.45) is 11.8 Å². The molecule has 0 bridgehead atoms. The van der Waals surface area contributed by atoms with E-state index in [0.717, 1.165) is 70.5 Å². The lowest BCUT2D eigenvalue weighted by molar-refractivity contribution is -0.134. The lowest BCUT2D eigenvalue weighted by Crippen LogP contribution is -2.51. The standard InChI is InChI=1S/C20H29N3O3/c24-19(21-13-18-4-2-12-26-18)16-3-1-9-23(14-16)17-7-10-22(11-8-17)20(25)15-5-6-15/h2,4,12,15-17H,1,3,5-11,13-14H2,(H,21,24). The molecule has 1 aliphatic carbocycles. The Kier molecular flexibility index (Phi) is 5.29. The van der Waals surface area contributed by atoms with Gasteiger partial charge in [0.1, 0.15) is 5.76 Å². The number of furan rings is 1. The van der Waals surface area contributed by atoms with Gasteiger partial charge in [-0.1, -0.05) is 0 Å². The van der Waals surface area contributed by atoms with Crippen molar-refractivity contribution in [3.05, 3.63) is 24.2 Å². The quantitative estimate of drug-likeness (QED) is 0.873. The average molecular weight is 359 g/mol. The summed E-state index contributed by atoms with van der Waals surface area (Å²) in [4.78, 5) is 29.3. The summed E-state index contributed by atoms with van der Waals surface area (Å²) in [5.74, 6) is 1.68. The minimum absolute atomic E-state index is 0.0600. The Balaban J connectivity index is 1.24. The summed E-state index contributed by atoms with van der Waals surface area (Å²) in [6, 6.07) is 4.23. The van der Waals surface area contributed by atoms with E-state index >= 15 is 0 Å². The number of nitrogens with one attached hydrogen (secondary N) is 1. The summed E-state index contributed by atoms with van der Waals surface area (Å²) in [7, 11) is 0. The SMILES string of the molecule is O=C(NCc1ccco1)C1CCCN(C2CCN(C(=O)C3CC3)CC2)C1. The van der Waals surface area contributed by atoms with Gasteiger partial charge in [-0.05, 0) is 57.2 Å². The van der Waals surface area contributed by atoms with Gasteiger partial charge in [-0.2, -0.15) is 0 Å². The van der Waals surface area contributed by atoms with Gasteiger partial charge in [0.15, 0.2) is 0 Å². The van der Waals surface area contributed by atoms with Crippen LogP contribution in [0.2, 0.25) is 0 Å². The van der Waals surface area contributed by atoms with Crippen LogP contribution in [0, 0.1) is 11.8 Å². The van der Waals surface area contributed by atoms with Gasteiger partial charge in [-0.25, -0.2) is 0 Å². The van der Waals surface area contributed by atoms with Crippen LogP contribution in [0.1, 0.15) is 44.3 Å². The van der Waals surface area contributed by atoms with Crippen LogP contribution in [0.5, 0.6) is 0 Å². The number of piperidine rings is 2. The van der Waals surface area contributed by atoms with Crippen molar-refractivity contribution in [2.45, 2.75) is 51.1 Å². The predicted molar refractivity (Wildman–Crippen MR) is 97.2 cm³/mol. The first kappa shape index (κ1) is 17.6. The highest BCUT2D eigenvalue weighted by atomic mass is 16.3. The van der Waals surface area contributed by atoms with Crippen molar-refractivity contribution in [2.75, 3.05) is 26.2 Å². The van der Waals surface area contributed by atoms with Crippen LogP contribution in [0.15, 0.2) is 22.8 Å². The first-order valence-electron chi connectivity index (χ1n) is 10.0. The number of amides is 2. The molecule has 3 heterocycles. The molecule has 1 unspecified atom stereocenters. The Morgan fingerprint density at radius 3 is 2.58 bits per heavy atom. The minimum Gasteiger partial charge on any atom is -0.467 e. The number of carbonyl (C=O) groups is 2. The number of hydrogen-bond donors (Lipinski definition) is 1. The molecule has 1 saturated carbocycles. The monoisotopic (exact) mass is 359 g/mol. The van der Waals surface area contributed by atoms with Crippen LogP contribution in [0.4, 0.5) is 0 Å². The van der Waals surface area contributed by atoms with Crippen LogP contribution >= 0.6 is 0 Å². The summed E-state index contributed by atoms with van der Waals surface area (Å²) in [5, 5.41) is 3.01. The molecular weight excluding hydrogens is 330 g/mol. The molecule has 6 nitrogen and oxygen atoms in total. The van der Waals surface area contributed by atoms with E-state index in [1.807, 2.05) is 12.1 Å². The highest BCUT2D eigenvalue weighted by molar-refractivity contribution is 5.81. The average Bonchev–Trinajstić information content (AvgIpc) is 3.41. The third-order valence-electron chi connectivity index (χ3n) is 6.06. The largest absolute Gasteiger partial charge is 0.467 e. The van der Waals surface area contributed by atoms with E-state index in [0.29, 0.717) is 24.4 Å². The molecule has 1 aromatic heterocycles. The molecule has 26 heavy (non-hydrogen) atoms. The second-order valence-electron chi connectivity index (χ2n) is 7.96. The van der Waals surface area contributed by atoms with E-state index in [4.69, 9.17) is 4.42 Å². The molecule has 2 saturated heterocycles. The van der Waals surface area contributed by atoms with Crippen molar-refractivity contribution in [3.63, 3.8) is 0 Å². The fraction of sp³-hybridized carbons (Fsp3) is 0.700. The van der Waals surface area contributed by atoms with Crippen LogP contribution in [-0.4, -0.2) is 53.8 Å². The topological polar surface area (TPSA) is 65.8 Å². The summed E-state index contributed by atoms with van der Waals surface area (Å²) in [6.07, 6.45) is 7.90. The second kappa shape index (κ2) is 7.82. The third kappa shape index (κ3) is 4.11. The summed E-state index contributed by atoms with van der Waals surface area (Å²) < 4.78 is 5.28. The Labute approximate surface area is 154 Å². The molecule has 4 rings (SSSR count). The molecule has 0 radical (unpaired) electrons. The van der Waals surface area contributed by atoms with Gasteiger partial charge in [-0.3, -0.25) is 14.5 Å². The smallest absolute Gasteiger partial charge is 0.225 e. The summed E-state index contributed by atoms with van der Waals surface area (Å²) >= 11 is 0. The second-order valence-corrected chi connectivity index (χ2v) is 7.96. The number of nitrogens with zero attached hydrogens (tertiary/aromatic N) is 2. The lowest BCUT2D eigenvalue weighted by Gasteiger charge is -2.42. The maximum absolute atomic E-state index is 12.5. The van der Waals surface area contributed by atoms with Gasteiger partial charge in [-0.15, -0.1) is 0 Å². The zero-order valence-electron chi connectivity index (χ0n) is 15.4. The zero-order chi connectivity index (χ0) is 17.9. The number of rotatable bonds is 5. The van der Waals surface area contributed by atoms with Gasteiger partial charge in [0.05, 0.1) is 18.7 Å². The highest BCUT2D eigenvalue weighted by Crippen LogP contribution is 2.32. The fourth-order valence-electron chi connectivity index (χ4n) is 4.32. The van der Waals surface area contributed by atoms with E-state index < -0.39 is 0 Å². The van der Waals surface area contributed by atoms with Crippen LogP contribution in [0.3, 0.4) is 0 Å². The van der Waals surface area contributed by atoms with Crippen LogP contribution in [0.25, 0.3) is 0 Å². The minimum atomic E-state index is 0.0600. The summed E-state index contributed by atoms with van der Waals surface area (Å²) in [6.45, 7) is 4.14. The van der Waals surface area contributed by atoms with Crippen molar-refractivity contribution in [3.8, 4) is 0 Å². The van der Waals surface area contributed by atoms with E-state index in [1.54, 1.807) is 6.26 Å². The maximum atomic E-state index is 12.5. The molecule has 1 aromatic rings. The normalized spacial score (nSPS) is 25.2. The van der Waals surface area contributed by atoms with Gasteiger partial charge < -0.3 is 14.6 Å². The van der Waals surface area contributed by atoms with E-state index in [1.165, 1.54) is 0 Å². The molecule has 3 fully saturated rings. The molecule has 2 amide bonds. The number of carbonyl (C=O) groups excluding carboxylic acids is 2. The van der Waals surface area contributed by atoms with Gasteiger partial charge >= 0.3 is 0 Å². The molecule has 142 valence electrons. The Bertz CT molecular complexity index is 618. The van der Waals surface area contributed by atoms with Crippen molar-refractivity contribution < 1.29 is 14.0 Å². The molecular formula is C20H29N3O3.